The molecule has 0 unspecified atom stereocenters. The number of aromatic nitrogens is 4. The SMILES string of the molecule is CC(C)(C)OC(=O)N1C[C@@H]2C[C@H]1CN2.CC(C)(C)OC(=O)N1C[C@@H]2C[C@H]1CN2c1ccc(N=O)nn1.O=Nc1ccc(Cl)nn1. The Labute approximate surface area is 266 Å². The van der Waals surface area contributed by atoms with E-state index < -0.39 is 5.60 Å². The molecule has 4 aliphatic rings. The molecule has 4 bridgehead atoms. The first-order chi connectivity index (χ1) is 21.2. The Morgan fingerprint density at radius 3 is 1.76 bits per heavy atom. The zero-order chi connectivity index (χ0) is 32.9. The maximum atomic E-state index is 12.2. The molecule has 45 heavy (non-hydrogen) atoms. The standard InChI is InChI=1S/C14H19N5O3.C10H18N2O2.C4H2ClN3O/c1-14(2,3)22-13(20)19-8-9-6-10(19)7-18(9)12-5-4-11(17-21)15-16-12;1-10(2,3)14-9(13)12-6-7-4-8(12)5-11-7;5-3-1-2-4(8-9)7-6-3/h4-5,9-10H,6-8H2,1-3H3;7-8,11H,4-6H2,1-3H3;1-2H/t9-,10-;7-,8-;/m00./s1. The van der Waals surface area contributed by atoms with Gasteiger partial charge in [-0.2, -0.15) is 0 Å². The third-order valence-corrected chi connectivity index (χ3v) is 7.49. The van der Waals surface area contributed by atoms with Crippen LogP contribution in [-0.4, -0.2) is 104 Å². The van der Waals surface area contributed by atoms with Crippen molar-refractivity contribution in [3.8, 4) is 0 Å². The molecular formula is C28H39ClN10O6. The molecule has 0 aromatic carbocycles. The van der Waals surface area contributed by atoms with Crippen LogP contribution >= 0.6 is 11.6 Å². The normalized spacial score (nSPS) is 23.0. The molecule has 17 heteroatoms. The predicted octanol–water partition coefficient (Wildman–Crippen LogP) is 4.57. The smallest absolute Gasteiger partial charge is 0.410 e. The monoisotopic (exact) mass is 646 g/mol. The molecule has 0 saturated carbocycles. The third kappa shape index (κ3) is 9.23. The van der Waals surface area contributed by atoms with E-state index in [-0.39, 0.29) is 46.7 Å². The Kier molecular flexibility index (Phi) is 10.5. The summed E-state index contributed by atoms with van der Waals surface area (Å²) in [6, 6.07) is 7.32. The van der Waals surface area contributed by atoms with Crippen LogP contribution in [0.1, 0.15) is 54.4 Å². The van der Waals surface area contributed by atoms with Crippen LogP contribution in [0.25, 0.3) is 0 Å². The van der Waals surface area contributed by atoms with Crippen LogP contribution in [0.4, 0.5) is 27.0 Å². The van der Waals surface area contributed by atoms with Gasteiger partial charge in [-0.15, -0.1) is 30.2 Å². The van der Waals surface area contributed by atoms with Crippen molar-refractivity contribution in [1.82, 2.24) is 35.5 Å². The van der Waals surface area contributed by atoms with E-state index in [1.165, 1.54) is 12.1 Å². The van der Waals surface area contributed by atoms with Gasteiger partial charge in [0.1, 0.15) is 11.2 Å². The summed E-state index contributed by atoms with van der Waals surface area (Å²) in [6.07, 6.45) is 1.56. The van der Waals surface area contributed by atoms with E-state index in [9.17, 15) is 19.4 Å². The molecule has 0 spiro atoms. The molecule has 2 aromatic rings. The van der Waals surface area contributed by atoms with Crippen molar-refractivity contribution in [1.29, 1.82) is 0 Å². The van der Waals surface area contributed by atoms with Gasteiger partial charge in [0.05, 0.1) is 12.1 Å². The van der Waals surface area contributed by atoms with Crippen LogP contribution in [0.3, 0.4) is 0 Å². The van der Waals surface area contributed by atoms with Gasteiger partial charge in [-0.1, -0.05) is 11.6 Å². The molecule has 4 atom stereocenters. The summed E-state index contributed by atoms with van der Waals surface area (Å²) in [7, 11) is 0. The van der Waals surface area contributed by atoms with Crippen molar-refractivity contribution >= 4 is 41.2 Å². The highest BCUT2D eigenvalue weighted by molar-refractivity contribution is 6.29. The second-order valence-corrected chi connectivity index (χ2v) is 13.5. The summed E-state index contributed by atoms with van der Waals surface area (Å²) in [5.74, 6) is 0.826. The van der Waals surface area contributed by atoms with E-state index in [0.29, 0.717) is 31.0 Å². The third-order valence-electron chi connectivity index (χ3n) is 7.29. The molecule has 0 aliphatic carbocycles. The molecule has 1 N–H and O–H groups in total. The summed E-state index contributed by atoms with van der Waals surface area (Å²) in [6.45, 7) is 14.3. The van der Waals surface area contributed by atoms with Gasteiger partial charge in [-0.25, -0.2) is 9.59 Å². The Balaban J connectivity index is 0.000000171. The number of anilines is 1. The van der Waals surface area contributed by atoms with Gasteiger partial charge in [0.15, 0.2) is 11.0 Å². The number of carbonyl (C=O) groups excluding carboxylic acids is 2. The van der Waals surface area contributed by atoms with Gasteiger partial charge in [0.2, 0.25) is 11.6 Å². The van der Waals surface area contributed by atoms with Crippen LogP contribution in [-0.2, 0) is 9.47 Å². The lowest BCUT2D eigenvalue weighted by molar-refractivity contribution is 0.0198. The van der Waals surface area contributed by atoms with Crippen LogP contribution in [0.2, 0.25) is 5.15 Å². The minimum absolute atomic E-state index is 0.0411. The van der Waals surface area contributed by atoms with Gasteiger partial charge in [-0.3, -0.25) is 0 Å². The van der Waals surface area contributed by atoms with E-state index in [1.807, 2.05) is 46.4 Å². The Morgan fingerprint density at radius 2 is 1.36 bits per heavy atom. The highest BCUT2D eigenvalue weighted by atomic mass is 35.5. The largest absolute Gasteiger partial charge is 0.444 e. The van der Waals surface area contributed by atoms with Crippen molar-refractivity contribution in [2.24, 2.45) is 10.4 Å². The zero-order valence-corrected chi connectivity index (χ0v) is 27.0. The Bertz CT molecular complexity index is 1350. The molecule has 2 aromatic heterocycles. The van der Waals surface area contributed by atoms with E-state index in [2.05, 4.69) is 41.0 Å². The number of halogens is 1. The van der Waals surface area contributed by atoms with Gasteiger partial charge in [-0.05, 0) is 89.0 Å². The first-order valence-corrected chi connectivity index (χ1v) is 15.0. The molecule has 244 valence electrons. The lowest BCUT2D eigenvalue weighted by Gasteiger charge is -2.35. The summed E-state index contributed by atoms with van der Waals surface area (Å²) in [5.41, 5.74) is -0.867. The number of likely N-dealkylation sites (tertiary alicyclic amines) is 2. The van der Waals surface area contributed by atoms with Gasteiger partial charge >= 0.3 is 12.2 Å². The number of ether oxygens (including phenoxy) is 2. The fraction of sp³-hybridized carbons (Fsp3) is 0.643. The molecule has 6 rings (SSSR count). The molecule has 6 heterocycles. The number of hydrogen-bond acceptors (Lipinski definition) is 14. The average molecular weight is 647 g/mol. The van der Waals surface area contributed by atoms with Crippen LogP contribution in [0.5, 0.6) is 0 Å². The summed E-state index contributed by atoms with van der Waals surface area (Å²) < 4.78 is 10.8. The molecule has 16 nitrogen and oxygen atoms in total. The van der Waals surface area contributed by atoms with Crippen molar-refractivity contribution in [3.63, 3.8) is 0 Å². The highest BCUT2D eigenvalue weighted by Gasteiger charge is 2.47. The fourth-order valence-electron chi connectivity index (χ4n) is 5.47. The molecule has 4 fully saturated rings. The second-order valence-electron chi connectivity index (χ2n) is 13.1. The first kappa shape index (κ1) is 33.8. The molecule has 0 radical (unpaired) electrons. The summed E-state index contributed by atoms with van der Waals surface area (Å²) in [4.78, 5) is 49.8. The fourth-order valence-corrected chi connectivity index (χ4v) is 5.58. The quantitative estimate of drug-likeness (QED) is 0.459. The number of nitrogens with one attached hydrogen (secondary N) is 1. The number of rotatable bonds is 3. The van der Waals surface area contributed by atoms with E-state index in [0.717, 1.165) is 25.9 Å². The van der Waals surface area contributed by atoms with Crippen LogP contribution in [0, 0.1) is 9.81 Å². The van der Waals surface area contributed by atoms with Crippen LogP contribution in [0.15, 0.2) is 34.6 Å². The lowest BCUT2D eigenvalue weighted by Crippen LogP contribution is -2.50. The molecule has 4 saturated heterocycles. The Morgan fingerprint density at radius 1 is 0.778 bits per heavy atom. The minimum Gasteiger partial charge on any atom is -0.444 e. The van der Waals surface area contributed by atoms with E-state index >= 15 is 0 Å². The number of nitroso groups, excluding NO2 is 2. The van der Waals surface area contributed by atoms with Crippen LogP contribution < -0.4 is 10.2 Å². The maximum absolute atomic E-state index is 12.2. The molecule has 2 amide bonds. The molecular weight excluding hydrogens is 608 g/mol. The van der Waals surface area contributed by atoms with E-state index in [1.54, 1.807) is 17.0 Å². The van der Waals surface area contributed by atoms with Crippen molar-refractivity contribution in [2.45, 2.75) is 89.8 Å². The average Bonchev–Trinajstić information content (AvgIpc) is 3.79. The van der Waals surface area contributed by atoms with Crippen molar-refractivity contribution < 1.29 is 19.1 Å². The molecule has 4 aliphatic heterocycles. The van der Waals surface area contributed by atoms with Gasteiger partial charge in [0, 0.05) is 38.3 Å². The first-order valence-electron chi connectivity index (χ1n) is 14.6. The minimum atomic E-state index is -0.484. The number of piperazine rings is 2. The van der Waals surface area contributed by atoms with Gasteiger partial charge in [0.25, 0.3) is 0 Å². The topological polar surface area (TPSA) is 185 Å². The van der Waals surface area contributed by atoms with Crippen molar-refractivity contribution in [2.75, 3.05) is 31.1 Å². The number of fused-ring (bicyclic) bond motifs is 4. The summed E-state index contributed by atoms with van der Waals surface area (Å²) in [5, 5.41) is 23.4. The Hall–Kier alpha value is -4.05. The lowest BCUT2D eigenvalue weighted by atomic mass is 10.2. The van der Waals surface area contributed by atoms with E-state index in [4.69, 9.17) is 21.1 Å². The highest BCUT2D eigenvalue weighted by Crippen LogP contribution is 2.34. The zero-order valence-electron chi connectivity index (χ0n) is 26.2. The van der Waals surface area contributed by atoms with Gasteiger partial charge < -0.3 is 29.5 Å². The van der Waals surface area contributed by atoms with Crippen molar-refractivity contribution in [3.05, 3.63) is 39.2 Å². The number of nitrogens with zero attached hydrogens (tertiary/aromatic N) is 9. The second kappa shape index (κ2) is 13.9. The summed E-state index contributed by atoms with van der Waals surface area (Å²) >= 11 is 5.35. The predicted molar refractivity (Wildman–Crippen MR) is 166 cm³/mol. The number of carbonyl (C=O) groups is 2. The number of amides is 2. The number of hydrogen-bond donors (Lipinski definition) is 1. The maximum Gasteiger partial charge on any atom is 0.410 e.